The fraction of sp³-hybridized carbons (Fsp3) is 0.0625. The molecular weight excluding hydrogens is 421 g/mol. The van der Waals surface area contributed by atoms with E-state index in [2.05, 4.69) is 4.40 Å². The van der Waals surface area contributed by atoms with Crippen LogP contribution in [0.5, 0.6) is 0 Å². The summed E-state index contributed by atoms with van der Waals surface area (Å²) in [7, 11) is -4.37. The summed E-state index contributed by atoms with van der Waals surface area (Å²) in [5, 5.41) is 12.1. The SMILES string of the molecule is O=S(=O)(/C=C/c1ccc(C(F)(F)F)cc1)/N=C(\[O-])c1ccc(F)cc1Cl.[Na+]. The van der Waals surface area contributed by atoms with Gasteiger partial charge in [0.25, 0.3) is 10.0 Å². The summed E-state index contributed by atoms with van der Waals surface area (Å²) >= 11 is 5.65. The second-order valence-electron chi connectivity index (χ2n) is 4.96. The van der Waals surface area contributed by atoms with Crippen LogP contribution in [0, 0.1) is 5.82 Å². The molecule has 27 heavy (non-hydrogen) atoms. The zero-order valence-electron chi connectivity index (χ0n) is 13.7. The molecule has 2 rings (SSSR count). The molecule has 0 fully saturated rings. The monoisotopic (exact) mass is 429 g/mol. The van der Waals surface area contributed by atoms with Crippen molar-refractivity contribution in [1.29, 1.82) is 0 Å². The van der Waals surface area contributed by atoms with Crippen LogP contribution < -0.4 is 34.7 Å². The van der Waals surface area contributed by atoms with Crippen LogP contribution in [-0.4, -0.2) is 14.3 Å². The zero-order valence-corrected chi connectivity index (χ0v) is 17.2. The molecule has 0 bridgehead atoms. The van der Waals surface area contributed by atoms with Crippen molar-refractivity contribution in [3.05, 3.63) is 75.4 Å². The molecule has 0 radical (unpaired) electrons. The number of sulfonamides is 1. The van der Waals surface area contributed by atoms with Crippen molar-refractivity contribution in [3.8, 4) is 0 Å². The molecule has 0 aliphatic rings. The van der Waals surface area contributed by atoms with Crippen molar-refractivity contribution in [3.63, 3.8) is 0 Å². The fourth-order valence-electron chi connectivity index (χ4n) is 1.81. The predicted molar refractivity (Wildman–Crippen MR) is 87.3 cm³/mol. The summed E-state index contributed by atoms with van der Waals surface area (Å²) < 4.78 is 76.9. The van der Waals surface area contributed by atoms with Crippen LogP contribution in [-0.2, 0) is 16.2 Å². The van der Waals surface area contributed by atoms with E-state index in [4.69, 9.17) is 11.6 Å². The van der Waals surface area contributed by atoms with Gasteiger partial charge in [0.15, 0.2) is 0 Å². The average molecular weight is 430 g/mol. The van der Waals surface area contributed by atoms with Gasteiger partial charge in [-0.05, 0) is 42.0 Å². The molecule has 0 N–H and O–H groups in total. The summed E-state index contributed by atoms with van der Waals surface area (Å²) in [6, 6.07) is 6.42. The van der Waals surface area contributed by atoms with Gasteiger partial charge in [0.2, 0.25) is 0 Å². The van der Waals surface area contributed by atoms with E-state index >= 15 is 0 Å². The van der Waals surface area contributed by atoms with Crippen molar-refractivity contribution < 1.29 is 60.6 Å². The van der Waals surface area contributed by atoms with Gasteiger partial charge in [-0.25, -0.2) is 4.39 Å². The maximum Gasteiger partial charge on any atom is 1.00 e. The van der Waals surface area contributed by atoms with E-state index in [1.165, 1.54) is 0 Å². The van der Waals surface area contributed by atoms with Gasteiger partial charge in [-0.1, -0.05) is 23.7 Å². The number of halogens is 5. The largest absolute Gasteiger partial charge is 1.00 e. The number of benzene rings is 2. The minimum atomic E-state index is -4.51. The fourth-order valence-corrected chi connectivity index (χ4v) is 2.77. The molecular formula is C16H9ClF4NNaO3S. The Balaban J connectivity index is 0.00000364. The molecule has 0 unspecified atom stereocenters. The first kappa shape index (κ1) is 23.6. The van der Waals surface area contributed by atoms with E-state index in [0.29, 0.717) is 5.41 Å². The van der Waals surface area contributed by atoms with Crippen molar-refractivity contribution >= 4 is 33.6 Å². The van der Waals surface area contributed by atoms with Crippen LogP contribution >= 0.6 is 11.6 Å². The van der Waals surface area contributed by atoms with Crippen molar-refractivity contribution in [2.75, 3.05) is 0 Å². The molecule has 0 aliphatic carbocycles. The Hall–Kier alpha value is -1.39. The first-order valence-corrected chi connectivity index (χ1v) is 8.69. The summed E-state index contributed by atoms with van der Waals surface area (Å²) in [5.41, 5.74) is -1.04. The van der Waals surface area contributed by atoms with Gasteiger partial charge in [0.05, 0.1) is 16.0 Å². The molecule has 0 heterocycles. The Kier molecular flexibility index (Phi) is 8.06. The minimum Gasteiger partial charge on any atom is -0.858 e. The van der Waals surface area contributed by atoms with E-state index < -0.39 is 33.5 Å². The van der Waals surface area contributed by atoms with E-state index in [9.17, 15) is 31.1 Å². The van der Waals surface area contributed by atoms with Crippen molar-refractivity contribution in [2.45, 2.75) is 6.18 Å². The molecule has 138 valence electrons. The molecule has 11 heteroatoms. The van der Waals surface area contributed by atoms with Crippen LogP contribution in [0.2, 0.25) is 5.02 Å². The number of alkyl halides is 3. The van der Waals surface area contributed by atoms with Gasteiger partial charge in [-0.15, -0.1) is 0 Å². The van der Waals surface area contributed by atoms with Gasteiger partial charge < -0.3 is 5.11 Å². The molecule has 0 atom stereocenters. The van der Waals surface area contributed by atoms with Crippen LogP contribution in [0.4, 0.5) is 17.6 Å². The Morgan fingerprint density at radius 2 is 1.70 bits per heavy atom. The maximum absolute atomic E-state index is 12.9. The first-order chi connectivity index (χ1) is 12.0. The predicted octanol–water partition coefficient (Wildman–Crippen LogP) is 0.609. The summed E-state index contributed by atoms with van der Waals surface area (Å²) in [6.07, 6.45) is -3.52. The molecule has 0 aliphatic heterocycles. The second-order valence-corrected chi connectivity index (χ2v) is 6.85. The van der Waals surface area contributed by atoms with Gasteiger partial charge in [-0.3, -0.25) is 0 Å². The van der Waals surface area contributed by atoms with Gasteiger partial charge in [0, 0.05) is 11.5 Å². The van der Waals surface area contributed by atoms with E-state index in [1.807, 2.05) is 0 Å². The van der Waals surface area contributed by atoms with Crippen LogP contribution in [0.25, 0.3) is 6.08 Å². The standard InChI is InChI=1S/C16H10ClF4NO3S.Na/c17-14-9-12(18)5-6-13(14)15(23)22-26(24,25)8-7-10-1-3-11(4-2-10)16(19,20)21;/h1-9H,(H,22,23);/q;+1/p-1/b8-7+;. The van der Waals surface area contributed by atoms with Crippen LogP contribution in [0.1, 0.15) is 16.7 Å². The van der Waals surface area contributed by atoms with E-state index in [1.54, 1.807) is 0 Å². The van der Waals surface area contributed by atoms with Crippen molar-refractivity contribution in [2.24, 2.45) is 4.40 Å². The molecule has 0 saturated carbocycles. The number of hydrogen-bond acceptors (Lipinski definition) is 3. The average Bonchev–Trinajstić information content (AvgIpc) is 2.52. The third-order valence-electron chi connectivity index (χ3n) is 3.04. The third-order valence-corrected chi connectivity index (χ3v) is 4.26. The Labute approximate surface area is 179 Å². The first-order valence-electron chi connectivity index (χ1n) is 6.81. The van der Waals surface area contributed by atoms with Crippen molar-refractivity contribution in [1.82, 2.24) is 0 Å². The normalized spacial score (nSPS) is 12.9. The number of nitrogens with zero attached hydrogens (tertiary/aromatic N) is 1. The summed E-state index contributed by atoms with van der Waals surface area (Å²) in [6.45, 7) is 0. The molecule has 0 saturated heterocycles. The molecule has 0 amide bonds. The number of rotatable bonds is 4. The van der Waals surface area contributed by atoms with Gasteiger partial charge >= 0.3 is 35.7 Å². The summed E-state index contributed by atoms with van der Waals surface area (Å²) in [5.74, 6) is -1.91. The minimum absolute atomic E-state index is 0. The van der Waals surface area contributed by atoms with Gasteiger partial charge in [0.1, 0.15) is 5.82 Å². The van der Waals surface area contributed by atoms with E-state index in [-0.39, 0.29) is 45.7 Å². The third kappa shape index (κ3) is 6.93. The Morgan fingerprint density at radius 1 is 1.11 bits per heavy atom. The topological polar surface area (TPSA) is 69.6 Å². The molecule has 0 spiro atoms. The second kappa shape index (κ2) is 9.20. The Morgan fingerprint density at radius 3 is 2.22 bits per heavy atom. The zero-order chi connectivity index (χ0) is 19.5. The molecule has 4 nitrogen and oxygen atoms in total. The quantitative estimate of drug-likeness (QED) is 0.309. The van der Waals surface area contributed by atoms with Crippen LogP contribution in [0.3, 0.4) is 0 Å². The maximum atomic E-state index is 12.9. The smallest absolute Gasteiger partial charge is 0.858 e. The molecule has 2 aromatic rings. The molecule has 2 aromatic carbocycles. The van der Waals surface area contributed by atoms with Gasteiger partial charge in [-0.2, -0.15) is 26.0 Å². The van der Waals surface area contributed by atoms with E-state index in [0.717, 1.165) is 48.5 Å². The van der Waals surface area contributed by atoms with Crippen LogP contribution in [0.15, 0.2) is 52.3 Å². The summed E-state index contributed by atoms with van der Waals surface area (Å²) in [4.78, 5) is 0. The molecule has 0 aromatic heterocycles. The Bertz CT molecular complexity index is 974. The number of hydrogen-bond donors (Lipinski definition) is 0.